The van der Waals surface area contributed by atoms with Crippen molar-refractivity contribution in [3.05, 3.63) is 82.0 Å². The fourth-order valence-corrected chi connectivity index (χ4v) is 4.78. The van der Waals surface area contributed by atoms with E-state index in [-0.39, 0.29) is 28.6 Å². The Morgan fingerprint density at radius 3 is 2.69 bits per heavy atom. The highest BCUT2D eigenvalue weighted by molar-refractivity contribution is 6.32. The molecule has 2 aromatic carbocycles. The molecule has 2 aliphatic rings. The molecule has 2 aliphatic heterocycles. The number of morpholine rings is 1. The minimum absolute atomic E-state index is 0.0187. The number of carbonyl (C=O) groups excluding carboxylic acids is 2. The number of ether oxygens (including phenoxy) is 2. The zero-order valence-corrected chi connectivity index (χ0v) is 21.5. The number of benzene rings is 2. The highest BCUT2D eigenvalue weighted by atomic mass is 35.5. The zero-order valence-electron chi connectivity index (χ0n) is 20.8. The summed E-state index contributed by atoms with van der Waals surface area (Å²) in [7, 11) is 0. The Labute approximate surface area is 228 Å². The summed E-state index contributed by atoms with van der Waals surface area (Å²) < 4.78 is 41.3. The number of nitrogens with one attached hydrogen (secondary N) is 1. The van der Waals surface area contributed by atoms with Gasteiger partial charge in [0.05, 0.1) is 30.3 Å². The number of anilines is 1. The summed E-state index contributed by atoms with van der Waals surface area (Å²) in [5, 5.41) is 3.01. The molecule has 2 amide bonds. The van der Waals surface area contributed by atoms with Crippen molar-refractivity contribution < 1.29 is 27.8 Å². The third-order valence-corrected chi connectivity index (χ3v) is 6.80. The van der Waals surface area contributed by atoms with Crippen LogP contribution in [0.5, 0.6) is 5.75 Å². The lowest BCUT2D eigenvalue weighted by atomic mass is 9.98. The molecule has 3 N–H and O–H groups in total. The number of hydrogen-bond acceptors (Lipinski definition) is 6. The van der Waals surface area contributed by atoms with Gasteiger partial charge in [0.2, 0.25) is 5.91 Å². The van der Waals surface area contributed by atoms with E-state index in [1.54, 1.807) is 30.5 Å². The maximum absolute atomic E-state index is 15.2. The SMILES string of the molecule is Nc1ccc(C=CC(=O)NCC2Cc3cc(-c4ccc(C(=O)N5CCOCC5)c(F)c4F)cc(Cl)c3O2)cn1. The van der Waals surface area contributed by atoms with Crippen molar-refractivity contribution >= 4 is 35.3 Å². The van der Waals surface area contributed by atoms with Gasteiger partial charge in [-0.2, -0.15) is 0 Å². The van der Waals surface area contributed by atoms with Crippen molar-refractivity contribution in [2.75, 3.05) is 38.6 Å². The number of carbonyl (C=O) groups is 2. The van der Waals surface area contributed by atoms with Crippen molar-refractivity contribution in [3.63, 3.8) is 0 Å². The lowest BCUT2D eigenvalue weighted by molar-refractivity contribution is -0.116. The van der Waals surface area contributed by atoms with E-state index in [1.165, 1.54) is 29.2 Å². The third kappa shape index (κ3) is 5.86. The van der Waals surface area contributed by atoms with Crippen molar-refractivity contribution in [3.8, 4) is 16.9 Å². The zero-order chi connectivity index (χ0) is 27.5. The second kappa shape index (κ2) is 11.4. The Morgan fingerprint density at radius 1 is 1.15 bits per heavy atom. The molecule has 1 saturated heterocycles. The molecule has 202 valence electrons. The second-order valence-electron chi connectivity index (χ2n) is 9.18. The lowest BCUT2D eigenvalue weighted by Crippen LogP contribution is -2.41. The second-order valence-corrected chi connectivity index (χ2v) is 9.59. The summed E-state index contributed by atoms with van der Waals surface area (Å²) in [5.41, 5.74) is 6.99. The molecule has 0 radical (unpaired) electrons. The van der Waals surface area contributed by atoms with Gasteiger partial charge in [-0.05, 0) is 47.5 Å². The highest BCUT2D eigenvalue weighted by Crippen LogP contribution is 2.40. The van der Waals surface area contributed by atoms with Crippen LogP contribution in [0, 0.1) is 11.6 Å². The van der Waals surface area contributed by atoms with Crippen LogP contribution >= 0.6 is 11.6 Å². The van der Waals surface area contributed by atoms with E-state index in [1.807, 2.05) is 0 Å². The van der Waals surface area contributed by atoms with Crippen LogP contribution in [0.25, 0.3) is 17.2 Å². The number of nitrogen functional groups attached to an aromatic ring is 1. The van der Waals surface area contributed by atoms with Crippen LogP contribution in [-0.2, 0) is 16.0 Å². The molecule has 1 unspecified atom stereocenters. The fourth-order valence-electron chi connectivity index (χ4n) is 4.49. The van der Waals surface area contributed by atoms with Crippen molar-refractivity contribution in [2.45, 2.75) is 12.5 Å². The molecule has 0 spiro atoms. The first-order valence-electron chi connectivity index (χ1n) is 12.3. The highest BCUT2D eigenvalue weighted by Gasteiger charge is 2.28. The summed E-state index contributed by atoms with van der Waals surface area (Å²) in [4.78, 5) is 30.3. The molecule has 3 aromatic rings. The van der Waals surface area contributed by atoms with Gasteiger partial charge < -0.3 is 25.4 Å². The summed E-state index contributed by atoms with van der Waals surface area (Å²) in [6, 6.07) is 9.21. The minimum Gasteiger partial charge on any atom is -0.486 e. The molecule has 0 saturated carbocycles. The average Bonchev–Trinajstić information content (AvgIpc) is 3.37. The number of nitrogens with zero attached hydrogens (tertiary/aromatic N) is 2. The molecular weight excluding hydrogens is 530 g/mol. The summed E-state index contributed by atoms with van der Waals surface area (Å²) in [5.74, 6) is -2.41. The van der Waals surface area contributed by atoms with Gasteiger partial charge in [-0.25, -0.2) is 13.8 Å². The molecule has 0 bridgehead atoms. The smallest absolute Gasteiger partial charge is 0.257 e. The molecule has 11 heteroatoms. The van der Waals surface area contributed by atoms with Crippen LogP contribution in [0.15, 0.2) is 48.7 Å². The quantitative estimate of drug-likeness (QED) is 0.448. The number of amides is 2. The average molecular weight is 555 g/mol. The lowest BCUT2D eigenvalue weighted by Gasteiger charge is -2.27. The molecule has 1 aromatic heterocycles. The van der Waals surface area contributed by atoms with E-state index in [2.05, 4.69) is 10.3 Å². The maximum atomic E-state index is 15.2. The molecular formula is C28H25ClF2N4O4. The van der Waals surface area contributed by atoms with Crippen LogP contribution in [0.4, 0.5) is 14.6 Å². The monoisotopic (exact) mass is 554 g/mol. The van der Waals surface area contributed by atoms with E-state index in [4.69, 9.17) is 26.8 Å². The molecule has 1 fully saturated rings. The number of hydrogen-bond donors (Lipinski definition) is 2. The maximum Gasteiger partial charge on any atom is 0.257 e. The number of nitrogens with two attached hydrogens (primary N) is 1. The predicted octanol–water partition coefficient (Wildman–Crippen LogP) is 3.87. The first kappa shape index (κ1) is 26.6. The van der Waals surface area contributed by atoms with Crippen LogP contribution in [-0.4, -0.2) is 60.7 Å². The predicted molar refractivity (Wildman–Crippen MR) is 142 cm³/mol. The van der Waals surface area contributed by atoms with E-state index in [0.717, 1.165) is 5.56 Å². The molecule has 5 rings (SSSR count). The first-order valence-corrected chi connectivity index (χ1v) is 12.7. The summed E-state index contributed by atoms with van der Waals surface area (Å²) >= 11 is 6.43. The minimum atomic E-state index is -1.21. The standard InChI is InChI=1S/C28H25ClF2N4O4/c29-22-13-17(20-3-4-21(26(31)25(20)30)28(37)35-7-9-38-10-8-35)11-18-12-19(39-27(18)22)15-34-24(36)6-2-16-1-5-23(32)33-14-16/h1-6,11,13-14,19H,7-10,12,15H2,(H2,32,33)(H,34,36). The van der Waals surface area contributed by atoms with Crippen LogP contribution < -0.4 is 15.8 Å². The Morgan fingerprint density at radius 2 is 1.95 bits per heavy atom. The largest absolute Gasteiger partial charge is 0.486 e. The van der Waals surface area contributed by atoms with Gasteiger partial charge in [-0.3, -0.25) is 9.59 Å². The fraction of sp³-hybridized carbons (Fsp3) is 0.250. The van der Waals surface area contributed by atoms with Gasteiger partial charge in [0.25, 0.3) is 5.91 Å². The van der Waals surface area contributed by atoms with Gasteiger partial charge in [-0.15, -0.1) is 0 Å². The molecule has 3 heterocycles. The third-order valence-electron chi connectivity index (χ3n) is 6.52. The van der Waals surface area contributed by atoms with E-state index in [9.17, 15) is 14.0 Å². The number of halogens is 3. The van der Waals surface area contributed by atoms with E-state index < -0.39 is 23.6 Å². The molecule has 0 aliphatic carbocycles. The molecule has 39 heavy (non-hydrogen) atoms. The van der Waals surface area contributed by atoms with E-state index in [0.29, 0.717) is 55.4 Å². The first-order chi connectivity index (χ1) is 18.8. The normalized spacial score (nSPS) is 16.7. The van der Waals surface area contributed by atoms with Crippen LogP contribution in [0.3, 0.4) is 0 Å². The molecule has 1 atom stereocenters. The Balaban J connectivity index is 1.26. The number of aromatic nitrogens is 1. The topological polar surface area (TPSA) is 107 Å². The number of rotatable bonds is 6. The van der Waals surface area contributed by atoms with Gasteiger partial charge >= 0.3 is 0 Å². The van der Waals surface area contributed by atoms with Gasteiger partial charge in [0, 0.05) is 42.9 Å². The summed E-state index contributed by atoms with van der Waals surface area (Å²) in [6.07, 6.45) is 4.57. The van der Waals surface area contributed by atoms with Crippen molar-refractivity contribution in [1.82, 2.24) is 15.2 Å². The van der Waals surface area contributed by atoms with Crippen LogP contribution in [0.1, 0.15) is 21.5 Å². The summed E-state index contributed by atoms with van der Waals surface area (Å²) in [6.45, 7) is 1.56. The number of fused-ring (bicyclic) bond motifs is 1. The van der Waals surface area contributed by atoms with E-state index >= 15 is 4.39 Å². The number of pyridine rings is 1. The Bertz CT molecular complexity index is 1440. The van der Waals surface area contributed by atoms with Crippen molar-refractivity contribution in [2.24, 2.45) is 0 Å². The van der Waals surface area contributed by atoms with Gasteiger partial charge in [0.1, 0.15) is 17.7 Å². The molecule has 8 nitrogen and oxygen atoms in total. The van der Waals surface area contributed by atoms with Crippen LogP contribution in [0.2, 0.25) is 5.02 Å². The van der Waals surface area contributed by atoms with Crippen molar-refractivity contribution in [1.29, 1.82) is 0 Å². The Kier molecular flexibility index (Phi) is 7.76. The van der Waals surface area contributed by atoms with Gasteiger partial charge in [-0.1, -0.05) is 17.7 Å². The van der Waals surface area contributed by atoms with Gasteiger partial charge in [0.15, 0.2) is 11.6 Å². The Hall–Kier alpha value is -4.02.